The number of nitrogens with one attached hydrogen (secondary N) is 2. The van der Waals surface area contributed by atoms with Gasteiger partial charge in [0.1, 0.15) is 0 Å². The van der Waals surface area contributed by atoms with Crippen molar-refractivity contribution in [3.8, 4) is 11.5 Å². The second kappa shape index (κ2) is 11.4. The molecule has 0 bridgehead atoms. The first-order chi connectivity index (χ1) is 11.2. The van der Waals surface area contributed by atoms with Crippen LogP contribution in [0.25, 0.3) is 0 Å². The number of halogens is 1. The lowest BCUT2D eigenvalue weighted by Crippen LogP contribution is -2.39. The minimum absolute atomic E-state index is 0. The van der Waals surface area contributed by atoms with E-state index in [9.17, 15) is 0 Å². The van der Waals surface area contributed by atoms with E-state index in [4.69, 9.17) is 14.2 Å². The molecule has 1 aliphatic heterocycles. The standard InChI is InChI=1S/C17H27N3O3.HI/c1-13(2)11-21-9-8-20-17(18-3)19-7-6-14-4-5-15-16(10-14)23-12-22-15;/h4-5,10,13H,6-9,11-12H2,1-3H3,(H2,18,19,20);1H. The largest absolute Gasteiger partial charge is 0.454 e. The van der Waals surface area contributed by atoms with Crippen LogP contribution in [-0.2, 0) is 11.2 Å². The van der Waals surface area contributed by atoms with Crippen LogP contribution in [0.5, 0.6) is 11.5 Å². The minimum atomic E-state index is 0. The van der Waals surface area contributed by atoms with Crippen molar-refractivity contribution >= 4 is 29.9 Å². The Hall–Kier alpha value is -1.22. The van der Waals surface area contributed by atoms with Crippen molar-refractivity contribution in [2.24, 2.45) is 10.9 Å². The van der Waals surface area contributed by atoms with Gasteiger partial charge in [-0.1, -0.05) is 19.9 Å². The molecule has 0 amide bonds. The van der Waals surface area contributed by atoms with Gasteiger partial charge in [-0.3, -0.25) is 4.99 Å². The van der Waals surface area contributed by atoms with E-state index in [0.29, 0.717) is 19.3 Å². The van der Waals surface area contributed by atoms with Crippen molar-refractivity contribution in [1.29, 1.82) is 0 Å². The Bertz CT molecular complexity index is 524. The van der Waals surface area contributed by atoms with E-state index in [2.05, 4.69) is 35.5 Å². The van der Waals surface area contributed by atoms with E-state index >= 15 is 0 Å². The SMILES string of the molecule is CN=C(NCCOCC(C)C)NCCc1ccc2c(c1)OCO2.I. The Kier molecular flexibility index (Phi) is 9.85. The zero-order valence-corrected chi connectivity index (χ0v) is 17.0. The van der Waals surface area contributed by atoms with Crippen LogP contribution in [0, 0.1) is 5.92 Å². The summed E-state index contributed by atoms with van der Waals surface area (Å²) in [5, 5.41) is 6.54. The van der Waals surface area contributed by atoms with Crippen molar-refractivity contribution in [2.45, 2.75) is 20.3 Å². The Labute approximate surface area is 161 Å². The van der Waals surface area contributed by atoms with Crippen LogP contribution in [0.15, 0.2) is 23.2 Å². The number of nitrogens with zero attached hydrogens (tertiary/aromatic N) is 1. The highest BCUT2D eigenvalue weighted by atomic mass is 127. The van der Waals surface area contributed by atoms with Gasteiger partial charge >= 0.3 is 0 Å². The molecule has 24 heavy (non-hydrogen) atoms. The fourth-order valence-electron chi connectivity index (χ4n) is 2.20. The van der Waals surface area contributed by atoms with E-state index in [1.54, 1.807) is 7.05 Å². The molecule has 0 saturated carbocycles. The Morgan fingerprint density at radius 1 is 1.21 bits per heavy atom. The van der Waals surface area contributed by atoms with Crippen LogP contribution >= 0.6 is 24.0 Å². The molecule has 0 aliphatic carbocycles. The van der Waals surface area contributed by atoms with Crippen LogP contribution in [0.4, 0.5) is 0 Å². The number of ether oxygens (including phenoxy) is 3. The van der Waals surface area contributed by atoms with Crippen molar-refractivity contribution in [3.05, 3.63) is 23.8 Å². The molecule has 0 unspecified atom stereocenters. The molecule has 6 nitrogen and oxygen atoms in total. The molecular formula is C17H28IN3O3. The van der Waals surface area contributed by atoms with Crippen molar-refractivity contribution < 1.29 is 14.2 Å². The number of rotatable bonds is 8. The third kappa shape index (κ3) is 7.12. The normalized spacial score (nSPS) is 12.9. The minimum Gasteiger partial charge on any atom is -0.454 e. The topological polar surface area (TPSA) is 64.1 Å². The molecule has 2 N–H and O–H groups in total. The summed E-state index contributed by atoms with van der Waals surface area (Å²) in [6, 6.07) is 6.04. The summed E-state index contributed by atoms with van der Waals surface area (Å²) >= 11 is 0. The lowest BCUT2D eigenvalue weighted by molar-refractivity contribution is 0.114. The molecule has 1 aliphatic rings. The summed E-state index contributed by atoms with van der Waals surface area (Å²) < 4.78 is 16.2. The molecule has 0 aromatic heterocycles. The summed E-state index contributed by atoms with van der Waals surface area (Å²) in [4.78, 5) is 4.20. The van der Waals surface area contributed by atoms with E-state index in [1.165, 1.54) is 5.56 Å². The molecule has 0 saturated heterocycles. The van der Waals surface area contributed by atoms with E-state index in [0.717, 1.165) is 43.6 Å². The van der Waals surface area contributed by atoms with Gasteiger partial charge in [-0.05, 0) is 30.0 Å². The number of benzene rings is 1. The summed E-state index contributed by atoms with van der Waals surface area (Å²) in [5.74, 6) is 3.00. The maximum absolute atomic E-state index is 5.54. The molecule has 0 atom stereocenters. The summed E-state index contributed by atoms with van der Waals surface area (Å²) in [5.41, 5.74) is 1.21. The molecule has 1 heterocycles. The van der Waals surface area contributed by atoms with Crippen molar-refractivity contribution in [1.82, 2.24) is 10.6 Å². The molecule has 2 rings (SSSR count). The van der Waals surface area contributed by atoms with Gasteiger partial charge in [0.15, 0.2) is 17.5 Å². The molecule has 136 valence electrons. The zero-order valence-electron chi connectivity index (χ0n) is 14.6. The third-order valence-electron chi connectivity index (χ3n) is 3.36. The number of hydrogen-bond acceptors (Lipinski definition) is 4. The average Bonchev–Trinajstić information content (AvgIpc) is 3.00. The van der Waals surface area contributed by atoms with Crippen LogP contribution in [-0.4, -0.2) is 46.1 Å². The number of guanidine groups is 1. The Morgan fingerprint density at radius 3 is 2.71 bits per heavy atom. The van der Waals surface area contributed by atoms with Crippen LogP contribution in [0.2, 0.25) is 0 Å². The van der Waals surface area contributed by atoms with Gasteiger partial charge in [-0.2, -0.15) is 0 Å². The number of fused-ring (bicyclic) bond motifs is 1. The molecular weight excluding hydrogens is 421 g/mol. The maximum Gasteiger partial charge on any atom is 0.231 e. The predicted molar refractivity (Wildman–Crippen MR) is 107 cm³/mol. The van der Waals surface area contributed by atoms with E-state index in [-0.39, 0.29) is 24.0 Å². The highest BCUT2D eigenvalue weighted by molar-refractivity contribution is 14.0. The second-order valence-corrected chi connectivity index (χ2v) is 5.83. The third-order valence-corrected chi connectivity index (χ3v) is 3.36. The second-order valence-electron chi connectivity index (χ2n) is 5.83. The average molecular weight is 449 g/mol. The van der Waals surface area contributed by atoms with Crippen LogP contribution < -0.4 is 20.1 Å². The monoisotopic (exact) mass is 449 g/mol. The van der Waals surface area contributed by atoms with Crippen LogP contribution in [0.1, 0.15) is 19.4 Å². The number of aliphatic imine (C=N–C) groups is 1. The lowest BCUT2D eigenvalue weighted by atomic mass is 10.1. The summed E-state index contributed by atoms with van der Waals surface area (Å²) in [6.45, 7) is 7.61. The number of hydrogen-bond donors (Lipinski definition) is 2. The molecule has 1 aromatic carbocycles. The summed E-state index contributed by atoms with van der Waals surface area (Å²) in [7, 11) is 1.77. The van der Waals surface area contributed by atoms with Gasteiger partial charge in [0.2, 0.25) is 6.79 Å². The quantitative estimate of drug-likeness (QED) is 0.276. The highest BCUT2D eigenvalue weighted by Gasteiger charge is 2.12. The highest BCUT2D eigenvalue weighted by Crippen LogP contribution is 2.32. The van der Waals surface area contributed by atoms with Crippen LogP contribution in [0.3, 0.4) is 0 Å². The van der Waals surface area contributed by atoms with Crippen molar-refractivity contribution in [3.63, 3.8) is 0 Å². The van der Waals surface area contributed by atoms with E-state index in [1.807, 2.05) is 12.1 Å². The van der Waals surface area contributed by atoms with Gasteiger partial charge in [-0.15, -0.1) is 24.0 Å². The maximum atomic E-state index is 5.54. The van der Waals surface area contributed by atoms with Gasteiger partial charge < -0.3 is 24.8 Å². The zero-order chi connectivity index (χ0) is 16.5. The van der Waals surface area contributed by atoms with Gasteiger partial charge in [-0.25, -0.2) is 0 Å². The first kappa shape index (κ1) is 20.8. The lowest BCUT2D eigenvalue weighted by Gasteiger charge is -2.12. The molecule has 7 heteroatoms. The molecule has 1 aromatic rings. The first-order valence-corrected chi connectivity index (χ1v) is 8.10. The van der Waals surface area contributed by atoms with Gasteiger partial charge in [0.25, 0.3) is 0 Å². The fourth-order valence-corrected chi connectivity index (χ4v) is 2.20. The smallest absolute Gasteiger partial charge is 0.231 e. The Balaban J connectivity index is 0.00000288. The Morgan fingerprint density at radius 2 is 1.96 bits per heavy atom. The van der Waals surface area contributed by atoms with Crippen molar-refractivity contribution in [2.75, 3.05) is 40.1 Å². The molecule has 0 fully saturated rings. The van der Waals surface area contributed by atoms with Gasteiger partial charge in [0, 0.05) is 26.7 Å². The van der Waals surface area contributed by atoms with E-state index < -0.39 is 0 Å². The molecule has 0 spiro atoms. The summed E-state index contributed by atoms with van der Waals surface area (Å²) in [6.07, 6.45) is 0.890. The van der Waals surface area contributed by atoms with Gasteiger partial charge in [0.05, 0.1) is 6.61 Å². The molecule has 0 radical (unpaired) electrons. The first-order valence-electron chi connectivity index (χ1n) is 8.10. The fraction of sp³-hybridized carbons (Fsp3) is 0.588. The predicted octanol–water partition coefficient (Wildman–Crippen LogP) is 2.41.